The molecule has 0 saturated carbocycles. The van der Waals surface area contributed by atoms with Crippen molar-refractivity contribution in [2.24, 2.45) is 5.10 Å². The highest BCUT2D eigenvalue weighted by atomic mass is 79.9. The quantitative estimate of drug-likeness (QED) is 0.312. The van der Waals surface area contributed by atoms with E-state index in [4.69, 9.17) is 14.2 Å². The van der Waals surface area contributed by atoms with Gasteiger partial charge >= 0.3 is 0 Å². The van der Waals surface area contributed by atoms with Crippen LogP contribution in [0, 0.1) is 0 Å². The maximum atomic E-state index is 12.2. The van der Waals surface area contributed by atoms with E-state index in [0.29, 0.717) is 35.0 Å². The molecule has 0 aliphatic heterocycles. The Labute approximate surface area is 183 Å². The van der Waals surface area contributed by atoms with Crippen molar-refractivity contribution >= 4 is 34.0 Å². The first-order chi connectivity index (χ1) is 14.5. The topological polar surface area (TPSA) is 98.2 Å². The molecule has 0 fully saturated rings. The summed E-state index contributed by atoms with van der Waals surface area (Å²) in [6.45, 7) is 3.71. The van der Waals surface area contributed by atoms with E-state index in [1.165, 1.54) is 26.5 Å². The molecule has 0 aromatic heterocycles. The first-order valence-corrected chi connectivity index (χ1v) is 9.63. The van der Waals surface area contributed by atoms with E-state index in [9.17, 15) is 9.59 Å². The molecule has 0 radical (unpaired) electrons. The Hall–Kier alpha value is -3.33. The van der Waals surface area contributed by atoms with E-state index in [1.54, 1.807) is 30.3 Å². The average Bonchev–Trinajstić information content (AvgIpc) is 2.76. The van der Waals surface area contributed by atoms with Gasteiger partial charge in [-0.05, 0) is 36.4 Å². The third-order valence-corrected chi connectivity index (χ3v) is 4.27. The Balaban J connectivity index is 1.91. The van der Waals surface area contributed by atoms with E-state index in [2.05, 4.69) is 38.4 Å². The van der Waals surface area contributed by atoms with E-state index >= 15 is 0 Å². The van der Waals surface area contributed by atoms with Crippen LogP contribution in [0.4, 0.5) is 0 Å². The van der Waals surface area contributed by atoms with Crippen molar-refractivity contribution in [3.05, 3.63) is 64.7 Å². The van der Waals surface area contributed by atoms with Crippen molar-refractivity contribution in [2.45, 2.75) is 0 Å². The average molecular weight is 476 g/mol. The molecule has 0 spiro atoms. The molecule has 158 valence electrons. The molecule has 30 heavy (non-hydrogen) atoms. The second-order valence-electron chi connectivity index (χ2n) is 5.83. The number of nitrogens with zero attached hydrogens (tertiary/aromatic N) is 1. The number of methoxy groups -OCH3 is 2. The van der Waals surface area contributed by atoms with Crippen LogP contribution in [-0.4, -0.2) is 45.4 Å². The van der Waals surface area contributed by atoms with Crippen LogP contribution >= 0.6 is 15.9 Å². The van der Waals surface area contributed by atoms with E-state index in [0.717, 1.165) is 4.47 Å². The Morgan fingerprint density at radius 2 is 1.83 bits per heavy atom. The number of carbonyl (C=O) groups is 2. The van der Waals surface area contributed by atoms with Crippen LogP contribution < -0.4 is 25.0 Å². The predicted molar refractivity (Wildman–Crippen MR) is 117 cm³/mol. The van der Waals surface area contributed by atoms with Crippen LogP contribution in [0.3, 0.4) is 0 Å². The highest BCUT2D eigenvalue weighted by Gasteiger charge is 2.12. The number of nitrogens with one attached hydrogen (secondary N) is 2. The molecule has 0 heterocycles. The van der Waals surface area contributed by atoms with Crippen molar-refractivity contribution in [2.75, 3.05) is 27.4 Å². The monoisotopic (exact) mass is 475 g/mol. The lowest BCUT2D eigenvalue weighted by Gasteiger charge is -2.10. The summed E-state index contributed by atoms with van der Waals surface area (Å²) in [5.41, 5.74) is 3.36. The largest absolute Gasteiger partial charge is 0.493 e. The maximum Gasteiger partial charge on any atom is 0.259 e. The number of benzene rings is 2. The zero-order valence-electron chi connectivity index (χ0n) is 16.6. The highest BCUT2D eigenvalue weighted by molar-refractivity contribution is 9.10. The van der Waals surface area contributed by atoms with Gasteiger partial charge in [0.25, 0.3) is 11.8 Å². The van der Waals surface area contributed by atoms with Gasteiger partial charge in [-0.15, -0.1) is 0 Å². The zero-order valence-corrected chi connectivity index (χ0v) is 18.2. The maximum absolute atomic E-state index is 12.2. The molecule has 2 aromatic carbocycles. The second-order valence-corrected chi connectivity index (χ2v) is 6.74. The molecule has 2 N–H and O–H groups in total. The van der Waals surface area contributed by atoms with Crippen LogP contribution in [0.15, 0.2) is 58.6 Å². The summed E-state index contributed by atoms with van der Waals surface area (Å²) in [5, 5.41) is 6.43. The minimum Gasteiger partial charge on any atom is -0.493 e. The van der Waals surface area contributed by atoms with Gasteiger partial charge in [0.15, 0.2) is 11.5 Å². The molecule has 2 amide bonds. The summed E-state index contributed by atoms with van der Waals surface area (Å²) in [5.74, 6) is 0.608. The number of hydrogen-bond donors (Lipinski definition) is 2. The van der Waals surface area contributed by atoms with Gasteiger partial charge in [-0.3, -0.25) is 9.59 Å². The van der Waals surface area contributed by atoms with Gasteiger partial charge in [0, 0.05) is 15.6 Å². The molecule has 0 atom stereocenters. The highest BCUT2D eigenvalue weighted by Crippen LogP contribution is 2.27. The van der Waals surface area contributed by atoms with Crippen molar-refractivity contribution in [1.82, 2.24) is 10.7 Å². The fourth-order valence-electron chi connectivity index (χ4n) is 2.35. The summed E-state index contributed by atoms with van der Waals surface area (Å²) in [4.78, 5) is 24.2. The van der Waals surface area contributed by atoms with Crippen molar-refractivity contribution in [3.8, 4) is 17.2 Å². The molecule has 0 aliphatic carbocycles. The van der Waals surface area contributed by atoms with Crippen LogP contribution in [0.2, 0.25) is 0 Å². The fourth-order valence-corrected chi connectivity index (χ4v) is 2.73. The van der Waals surface area contributed by atoms with Gasteiger partial charge in [0.1, 0.15) is 12.4 Å². The van der Waals surface area contributed by atoms with Crippen molar-refractivity contribution in [3.63, 3.8) is 0 Å². The summed E-state index contributed by atoms with van der Waals surface area (Å²) in [6, 6.07) is 10.1. The van der Waals surface area contributed by atoms with E-state index in [1.807, 2.05) is 6.07 Å². The van der Waals surface area contributed by atoms with Gasteiger partial charge in [-0.1, -0.05) is 28.6 Å². The Morgan fingerprint density at radius 1 is 1.10 bits per heavy atom. The zero-order chi connectivity index (χ0) is 21.9. The Morgan fingerprint density at radius 3 is 2.53 bits per heavy atom. The van der Waals surface area contributed by atoms with Crippen LogP contribution in [-0.2, 0) is 4.79 Å². The predicted octanol–water partition coefficient (Wildman–Crippen LogP) is 2.91. The van der Waals surface area contributed by atoms with Gasteiger partial charge < -0.3 is 19.5 Å². The van der Waals surface area contributed by atoms with Crippen LogP contribution in [0.25, 0.3) is 0 Å². The SMILES string of the molecule is C=CCOc1ccc(Br)cc1C=NNC(=O)CNC(=O)c1ccc(OC)c(OC)c1. The fraction of sp³-hybridized carbons (Fsp3) is 0.190. The third kappa shape index (κ3) is 6.63. The first kappa shape index (κ1) is 23.0. The molecule has 2 aromatic rings. The Kier molecular flexibility index (Phi) is 8.89. The van der Waals surface area contributed by atoms with Gasteiger partial charge in [0.05, 0.1) is 27.0 Å². The standard InChI is InChI=1S/C21H22BrN3O5/c1-4-9-30-17-8-6-16(22)10-15(17)12-24-25-20(26)13-23-21(27)14-5-7-18(28-2)19(11-14)29-3/h4-8,10-12H,1,9,13H2,2-3H3,(H,23,27)(H,25,26). The van der Waals surface area contributed by atoms with E-state index < -0.39 is 11.8 Å². The molecule has 2 rings (SSSR count). The number of ether oxygens (including phenoxy) is 3. The molecule has 8 nitrogen and oxygen atoms in total. The third-order valence-electron chi connectivity index (χ3n) is 3.78. The summed E-state index contributed by atoms with van der Waals surface area (Å²) in [6.07, 6.45) is 3.09. The van der Waals surface area contributed by atoms with Gasteiger partial charge in [-0.2, -0.15) is 5.10 Å². The van der Waals surface area contributed by atoms with Crippen molar-refractivity contribution < 1.29 is 23.8 Å². The molecular formula is C21H22BrN3O5. The first-order valence-electron chi connectivity index (χ1n) is 8.83. The van der Waals surface area contributed by atoms with Gasteiger partial charge in [0.2, 0.25) is 0 Å². The normalized spacial score (nSPS) is 10.4. The smallest absolute Gasteiger partial charge is 0.259 e. The summed E-state index contributed by atoms with van der Waals surface area (Å²) in [7, 11) is 2.98. The van der Waals surface area contributed by atoms with Gasteiger partial charge in [-0.25, -0.2) is 5.43 Å². The number of amides is 2. The lowest BCUT2D eigenvalue weighted by molar-refractivity contribution is -0.120. The number of carbonyl (C=O) groups excluding carboxylic acids is 2. The number of hydrogen-bond acceptors (Lipinski definition) is 6. The van der Waals surface area contributed by atoms with Crippen LogP contribution in [0.5, 0.6) is 17.2 Å². The Bertz CT molecular complexity index is 946. The minimum atomic E-state index is -0.483. The van der Waals surface area contributed by atoms with Crippen LogP contribution in [0.1, 0.15) is 15.9 Å². The number of hydrazone groups is 1. The number of halogens is 1. The lowest BCUT2D eigenvalue weighted by Crippen LogP contribution is -2.34. The molecular weight excluding hydrogens is 454 g/mol. The molecule has 9 heteroatoms. The molecule has 0 aliphatic rings. The van der Waals surface area contributed by atoms with Crippen molar-refractivity contribution in [1.29, 1.82) is 0 Å². The summed E-state index contributed by atoms with van der Waals surface area (Å²) >= 11 is 3.38. The number of rotatable bonds is 10. The molecule has 0 saturated heterocycles. The lowest BCUT2D eigenvalue weighted by atomic mass is 10.2. The molecule has 0 unspecified atom stereocenters. The summed E-state index contributed by atoms with van der Waals surface area (Å²) < 4.78 is 16.7. The molecule has 0 bridgehead atoms. The van der Waals surface area contributed by atoms with E-state index in [-0.39, 0.29) is 6.54 Å². The minimum absolute atomic E-state index is 0.247. The second kappa shape index (κ2) is 11.6.